The monoisotopic (exact) mass is 289 g/mol. The van der Waals surface area contributed by atoms with E-state index in [4.69, 9.17) is 5.11 Å². The van der Waals surface area contributed by atoms with Crippen molar-refractivity contribution in [3.05, 3.63) is 60.4 Å². The molecule has 0 bridgehead atoms. The summed E-state index contributed by atoms with van der Waals surface area (Å²) in [6, 6.07) is 11.2. The molecule has 6 heteroatoms. The van der Waals surface area contributed by atoms with Crippen LogP contribution in [0.1, 0.15) is 5.56 Å². The zero-order chi connectivity index (χ0) is 14.5. The largest absolute Gasteiger partial charge is 0.507 e. The van der Waals surface area contributed by atoms with Crippen LogP contribution in [0.4, 0.5) is 0 Å². The second-order valence-electron chi connectivity index (χ2n) is 3.86. The first-order valence-corrected chi connectivity index (χ1v) is 6.43. The minimum absolute atomic E-state index is 0.371. The number of nitrogens with zero attached hydrogens (tertiary/aromatic N) is 1. The van der Waals surface area contributed by atoms with Gasteiger partial charge in [0.1, 0.15) is 5.76 Å². The van der Waals surface area contributed by atoms with E-state index in [0.717, 1.165) is 4.90 Å². The molecular formula is C14H11NO4S. The maximum atomic E-state index is 11.0. The number of hydrogen-bond acceptors (Lipinski definition) is 4. The number of aliphatic carboxylic acids is 1. The van der Waals surface area contributed by atoms with Gasteiger partial charge in [-0.05, 0) is 30.1 Å². The highest BCUT2D eigenvalue weighted by molar-refractivity contribution is 7.97. The third-order valence-electron chi connectivity index (χ3n) is 2.40. The van der Waals surface area contributed by atoms with Crippen molar-refractivity contribution in [1.29, 1.82) is 0 Å². The van der Waals surface area contributed by atoms with Crippen molar-refractivity contribution in [3.8, 4) is 0 Å². The lowest BCUT2D eigenvalue weighted by atomic mass is 10.2. The average Bonchev–Trinajstić information content (AvgIpc) is 2.88. The van der Waals surface area contributed by atoms with E-state index >= 15 is 0 Å². The molecule has 0 unspecified atom stereocenters. The topological polar surface area (TPSA) is 79.5 Å². The van der Waals surface area contributed by atoms with E-state index in [-0.39, 0.29) is 5.76 Å². The Balaban J connectivity index is 2.13. The fourth-order valence-electron chi connectivity index (χ4n) is 1.46. The van der Waals surface area contributed by atoms with Crippen molar-refractivity contribution >= 4 is 29.5 Å². The highest BCUT2D eigenvalue weighted by Crippen LogP contribution is 2.22. The minimum Gasteiger partial charge on any atom is -0.507 e. The van der Waals surface area contributed by atoms with E-state index in [1.54, 1.807) is 22.4 Å². The number of aliphatic hydroxyl groups excluding tert-OH is 1. The maximum absolute atomic E-state index is 11.0. The summed E-state index contributed by atoms with van der Waals surface area (Å²) in [6.45, 7) is 0. The van der Waals surface area contributed by atoms with Crippen LogP contribution in [0.25, 0.3) is 5.76 Å². The van der Waals surface area contributed by atoms with Gasteiger partial charge in [-0.2, -0.15) is 0 Å². The average molecular weight is 289 g/mol. The van der Waals surface area contributed by atoms with Crippen LogP contribution in [0.15, 0.2) is 59.8 Å². The molecule has 0 atom stereocenters. The first-order chi connectivity index (χ1) is 9.56. The van der Waals surface area contributed by atoms with Crippen LogP contribution >= 0.6 is 11.9 Å². The molecule has 0 aliphatic rings. The summed E-state index contributed by atoms with van der Waals surface area (Å²) in [5.41, 5.74) is 0.378. The van der Waals surface area contributed by atoms with Gasteiger partial charge >= 0.3 is 5.97 Å². The van der Waals surface area contributed by atoms with Crippen LogP contribution in [0.3, 0.4) is 0 Å². The van der Waals surface area contributed by atoms with Gasteiger partial charge in [0.2, 0.25) is 0 Å². The Morgan fingerprint density at radius 2 is 1.80 bits per heavy atom. The SMILES string of the molecule is O=C(O)C(=O)C=C(O)c1ccn(Sc2ccccc2)c1. The first-order valence-electron chi connectivity index (χ1n) is 5.66. The minimum atomic E-state index is -1.60. The molecule has 0 saturated heterocycles. The van der Waals surface area contributed by atoms with E-state index in [0.29, 0.717) is 11.6 Å². The molecule has 1 heterocycles. The van der Waals surface area contributed by atoms with Crippen molar-refractivity contribution < 1.29 is 19.8 Å². The van der Waals surface area contributed by atoms with Crippen molar-refractivity contribution in [2.45, 2.75) is 4.90 Å². The van der Waals surface area contributed by atoms with Gasteiger partial charge in [-0.25, -0.2) is 4.79 Å². The Labute approximate surface area is 119 Å². The van der Waals surface area contributed by atoms with Crippen molar-refractivity contribution in [3.63, 3.8) is 0 Å². The maximum Gasteiger partial charge on any atom is 0.376 e. The molecule has 2 aromatic rings. The lowest BCUT2D eigenvalue weighted by Crippen LogP contribution is -2.09. The molecule has 0 spiro atoms. The van der Waals surface area contributed by atoms with Crippen LogP contribution in [0.2, 0.25) is 0 Å². The molecule has 2 rings (SSSR count). The Morgan fingerprint density at radius 1 is 1.10 bits per heavy atom. The first kappa shape index (κ1) is 14.0. The molecule has 2 N–H and O–H groups in total. The van der Waals surface area contributed by atoms with E-state index in [1.807, 2.05) is 30.3 Å². The fraction of sp³-hybridized carbons (Fsp3) is 0. The smallest absolute Gasteiger partial charge is 0.376 e. The summed E-state index contributed by atoms with van der Waals surface area (Å²) in [6.07, 6.45) is 4.01. The number of carboxylic acid groups (broad SMARTS) is 1. The van der Waals surface area contributed by atoms with Crippen LogP contribution in [0, 0.1) is 0 Å². The molecule has 5 nitrogen and oxygen atoms in total. The van der Waals surface area contributed by atoms with Crippen LogP contribution in [0.5, 0.6) is 0 Å². The summed E-state index contributed by atoms with van der Waals surface area (Å²) in [7, 11) is 0. The summed E-state index contributed by atoms with van der Waals surface area (Å²) < 4.78 is 1.75. The quantitative estimate of drug-likeness (QED) is 0.502. The predicted octanol–water partition coefficient (Wildman–Crippen LogP) is 2.60. The molecule has 0 aliphatic carbocycles. The van der Waals surface area contributed by atoms with Gasteiger partial charge < -0.3 is 10.2 Å². The molecule has 1 aromatic carbocycles. The Kier molecular flexibility index (Phi) is 4.27. The van der Waals surface area contributed by atoms with Gasteiger partial charge in [0.15, 0.2) is 0 Å². The lowest BCUT2D eigenvalue weighted by molar-refractivity contribution is -0.146. The number of aliphatic hydroxyl groups is 1. The molecule has 0 amide bonds. The molecule has 20 heavy (non-hydrogen) atoms. The Morgan fingerprint density at radius 3 is 2.45 bits per heavy atom. The molecule has 102 valence electrons. The van der Waals surface area contributed by atoms with Crippen LogP contribution < -0.4 is 0 Å². The number of carbonyl (C=O) groups is 2. The Hall–Kier alpha value is -2.47. The van der Waals surface area contributed by atoms with Gasteiger partial charge in [0.05, 0.1) is 0 Å². The highest BCUT2D eigenvalue weighted by Gasteiger charge is 2.11. The number of hydrogen-bond donors (Lipinski definition) is 2. The van der Waals surface area contributed by atoms with Gasteiger partial charge in [-0.15, -0.1) is 0 Å². The Bertz CT molecular complexity index is 661. The summed E-state index contributed by atoms with van der Waals surface area (Å²) in [5, 5.41) is 18.1. The second kappa shape index (κ2) is 6.12. The number of rotatable bonds is 5. The third kappa shape index (κ3) is 3.52. The molecule has 1 aromatic heterocycles. The van der Waals surface area contributed by atoms with Gasteiger partial charge in [-0.3, -0.25) is 8.77 Å². The van der Waals surface area contributed by atoms with Crippen LogP contribution in [-0.4, -0.2) is 25.9 Å². The van der Waals surface area contributed by atoms with Crippen molar-refractivity contribution in [1.82, 2.24) is 3.97 Å². The number of carbonyl (C=O) groups excluding carboxylic acids is 1. The van der Waals surface area contributed by atoms with E-state index in [2.05, 4.69) is 0 Å². The second-order valence-corrected chi connectivity index (χ2v) is 4.94. The molecule has 0 radical (unpaired) electrons. The summed E-state index contributed by atoms with van der Waals surface area (Å²) >= 11 is 1.43. The van der Waals surface area contributed by atoms with Crippen LogP contribution in [-0.2, 0) is 9.59 Å². The molecule has 0 fully saturated rings. The summed E-state index contributed by atoms with van der Waals surface area (Å²) in [4.78, 5) is 22.4. The highest BCUT2D eigenvalue weighted by atomic mass is 32.2. The van der Waals surface area contributed by atoms with Gasteiger partial charge in [0, 0.05) is 28.9 Å². The lowest BCUT2D eigenvalue weighted by Gasteiger charge is -2.01. The number of aromatic nitrogens is 1. The standard InChI is InChI=1S/C14H11NO4S/c16-12(8-13(17)14(18)19)10-6-7-15(9-10)20-11-4-2-1-3-5-11/h1-9,16H,(H,18,19). The molecule has 0 aliphatic heterocycles. The zero-order valence-electron chi connectivity index (χ0n) is 10.3. The number of benzene rings is 1. The van der Waals surface area contributed by atoms with Crippen molar-refractivity contribution in [2.75, 3.05) is 0 Å². The normalized spacial score (nSPS) is 11.3. The zero-order valence-corrected chi connectivity index (χ0v) is 11.1. The third-order valence-corrected chi connectivity index (χ3v) is 3.32. The van der Waals surface area contributed by atoms with E-state index < -0.39 is 11.8 Å². The number of carboxylic acids is 1. The number of ketones is 1. The predicted molar refractivity (Wildman–Crippen MR) is 75.4 cm³/mol. The van der Waals surface area contributed by atoms with Gasteiger partial charge in [-0.1, -0.05) is 18.2 Å². The molecule has 0 saturated carbocycles. The van der Waals surface area contributed by atoms with Gasteiger partial charge in [0.25, 0.3) is 5.78 Å². The van der Waals surface area contributed by atoms with E-state index in [1.165, 1.54) is 11.9 Å². The van der Waals surface area contributed by atoms with E-state index in [9.17, 15) is 14.7 Å². The fourth-order valence-corrected chi connectivity index (χ4v) is 2.27. The summed E-state index contributed by atoms with van der Waals surface area (Å²) in [5.74, 6) is -3.13. The molecular weight excluding hydrogens is 278 g/mol. The van der Waals surface area contributed by atoms with Crippen molar-refractivity contribution in [2.24, 2.45) is 0 Å².